The number of benzene rings is 1. The molecule has 204 valence electrons. The zero-order chi connectivity index (χ0) is 27.2. The van der Waals surface area contributed by atoms with Gasteiger partial charge in [0.1, 0.15) is 24.2 Å². The van der Waals surface area contributed by atoms with Crippen molar-refractivity contribution in [3.63, 3.8) is 0 Å². The van der Waals surface area contributed by atoms with Crippen LogP contribution in [-0.4, -0.2) is 82.1 Å². The average Bonchev–Trinajstić information content (AvgIpc) is 3.65. The number of nitrogens with zero attached hydrogens (tertiary/aromatic N) is 1. The maximum Gasteiger partial charge on any atom is 0.245 e. The summed E-state index contributed by atoms with van der Waals surface area (Å²) in [5, 5.41) is 9.14. The van der Waals surface area contributed by atoms with Crippen molar-refractivity contribution in [3.8, 4) is 0 Å². The number of rotatable bonds is 11. The molecule has 4 rings (SSSR count). The number of fused-ring (bicyclic) bond motifs is 1. The summed E-state index contributed by atoms with van der Waals surface area (Å²) in [5.74, 6) is -1.44. The first-order valence-corrected chi connectivity index (χ1v) is 14.2. The van der Waals surface area contributed by atoms with Crippen molar-refractivity contribution in [2.75, 3.05) is 18.6 Å². The molecule has 1 aromatic carbocycles. The van der Waals surface area contributed by atoms with Crippen LogP contribution >= 0.6 is 11.8 Å². The van der Waals surface area contributed by atoms with E-state index >= 15 is 0 Å². The minimum absolute atomic E-state index is 0.176. The van der Waals surface area contributed by atoms with Gasteiger partial charge in [0, 0.05) is 36.5 Å². The molecule has 11 nitrogen and oxygen atoms in total. The number of nitrogens with two attached hydrogens (primary N) is 1. The van der Waals surface area contributed by atoms with Crippen molar-refractivity contribution in [1.82, 2.24) is 25.8 Å². The SMILES string of the molecule is CSCC[C@H](NC(=O)[C@H](Cc1c[nH]c2ccccc12)NC(=O)[C@@H]1CCCN1C(=O)[C@@H]1CCC(=O)N1)C(N)=O. The summed E-state index contributed by atoms with van der Waals surface area (Å²) in [5.41, 5.74) is 7.25. The molecule has 0 spiro atoms. The van der Waals surface area contributed by atoms with Crippen molar-refractivity contribution >= 4 is 52.2 Å². The van der Waals surface area contributed by atoms with E-state index in [0.29, 0.717) is 38.0 Å². The smallest absolute Gasteiger partial charge is 0.245 e. The van der Waals surface area contributed by atoms with Crippen LogP contribution in [0, 0.1) is 0 Å². The summed E-state index contributed by atoms with van der Waals surface area (Å²) in [4.78, 5) is 68.2. The van der Waals surface area contributed by atoms with Gasteiger partial charge in [-0.05, 0) is 49.3 Å². The van der Waals surface area contributed by atoms with Crippen LogP contribution in [0.25, 0.3) is 10.9 Å². The molecule has 0 bridgehead atoms. The first-order valence-electron chi connectivity index (χ1n) is 12.8. The molecule has 0 aliphatic carbocycles. The van der Waals surface area contributed by atoms with Gasteiger partial charge >= 0.3 is 0 Å². The minimum atomic E-state index is -0.999. The van der Waals surface area contributed by atoms with Gasteiger partial charge in [-0.2, -0.15) is 11.8 Å². The molecule has 4 atom stereocenters. The van der Waals surface area contributed by atoms with Crippen molar-refractivity contribution in [2.45, 2.75) is 62.7 Å². The number of hydrogen-bond acceptors (Lipinski definition) is 6. The Morgan fingerprint density at radius 1 is 1.16 bits per heavy atom. The van der Waals surface area contributed by atoms with E-state index in [2.05, 4.69) is 20.9 Å². The molecular weight excluding hydrogens is 508 g/mol. The summed E-state index contributed by atoms with van der Waals surface area (Å²) in [6.07, 6.45) is 6.02. The van der Waals surface area contributed by atoms with Crippen molar-refractivity contribution < 1.29 is 24.0 Å². The maximum absolute atomic E-state index is 13.5. The molecule has 0 saturated carbocycles. The second kappa shape index (κ2) is 12.3. The standard InChI is InChI=1S/C26H34N6O5S/c1-38-12-10-18(23(27)34)30-24(35)20(13-15-14-28-17-6-3-2-5-16(15)17)31-25(36)21-7-4-11-32(21)26(37)19-8-9-22(33)29-19/h2-3,5-6,14,18-21,28H,4,7-13H2,1H3,(H2,27,34)(H,29,33)(H,30,35)(H,31,36)/t18-,19-,20-,21-/m0/s1. The van der Waals surface area contributed by atoms with Crippen LogP contribution in [0.3, 0.4) is 0 Å². The molecule has 12 heteroatoms. The van der Waals surface area contributed by atoms with E-state index in [1.165, 1.54) is 16.7 Å². The molecule has 6 N–H and O–H groups in total. The Bertz CT molecular complexity index is 1220. The van der Waals surface area contributed by atoms with Gasteiger partial charge in [0.25, 0.3) is 0 Å². The van der Waals surface area contributed by atoms with Crippen molar-refractivity contribution in [2.24, 2.45) is 5.73 Å². The van der Waals surface area contributed by atoms with Crippen LogP contribution in [0.4, 0.5) is 0 Å². The number of aromatic nitrogens is 1. The highest BCUT2D eigenvalue weighted by Gasteiger charge is 2.40. The molecule has 38 heavy (non-hydrogen) atoms. The number of likely N-dealkylation sites (tertiary alicyclic amines) is 1. The fourth-order valence-electron chi connectivity index (χ4n) is 5.09. The van der Waals surface area contributed by atoms with Gasteiger partial charge in [-0.3, -0.25) is 24.0 Å². The molecule has 5 amide bonds. The largest absolute Gasteiger partial charge is 0.368 e. The number of para-hydroxylation sites is 1. The molecule has 0 radical (unpaired) electrons. The minimum Gasteiger partial charge on any atom is -0.368 e. The van der Waals surface area contributed by atoms with Gasteiger partial charge in [0.15, 0.2) is 0 Å². The van der Waals surface area contributed by atoms with Gasteiger partial charge < -0.3 is 31.6 Å². The van der Waals surface area contributed by atoms with Crippen molar-refractivity contribution in [1.29, 1.82) is 0 Å². The molecule has 2 aliphatic heterocycles. The van der Waals surface area contributed by atoms with Gasteiger partial charge in [0.05, 0.1) is 0 Å². The zero-order valence-corrected chi connectivity index (χ0v) is 22.1. The Kier molecular flexibility index (Phi) is 8.93. The second-order valence-corrected chi connectivity index (χ2v) is 10.7. The zero-order valence-electron chi connectivity index (χ0n) is 21.3. The number of primary amides is 1. The van der Waals surface area contributed by atoms with E-state index in [-0.39, 0.29) is 24.7 Å². The van der Waals surface area contributed by atoms with Gasteiger partial charge in [-0.25, -0.2) is 0 Å². The number of nitrogens with one attached hydrogen (secondary N) is 4. The summed E-state index contributed by atoms with van der Waals surface area (Å²) in [6, 6.07) is 4.39. The van der Waals surface area contributed by atoms with Gasteiger partial charge in [-0.15, -0.1) is 0 Å². The second-order valence-electron chi connectivity index (χ2n) is 9.72. The Hall–Kier alpha value is -3.54. The Labute approximate surface area is 225 Å². The quantitative estimate of drug-likeness (QED) is 0.272. The van der Waals surface area contributed by atoms with Crippen LogP contribution in [0.15, 0.2) is 30.5 Å². The summed E-state index contributed by atoms with van der Waals surface area (Å²) >= 11 is 1.53. The number of H-pyrrole nitrogens is 1. The molecule has 2 fully saturated rings. The summed E-state index contributed by atoms with van der Waals surface area (Å²) < 4.78 is 0. The van der Waals surface area contributed by atoms with E-state index < -0.39 is 41.9 Å². The lowest BCUT2D eigenvalue weighted by atomic mass is 10.0. The number of carbonyl (C=O) groups excluding carboxylic acids is 5. The van der Waals surface area contributed by atoms with E-state index in [9.17, 15) is 24.0 Å². The normalized spacial score (nSPS) is 20.7. The molecule has 2 aliphatic rings. The summed E-state index contributed by atoms with van der Waals surface area (Å²) in [7, 11) is 0. The number of thioether (sulfide) groups is 1. The number of aromatic amines is 1. The Morgan fingerprint density at radius 2 is 1.95 bits per heavy atom. The van der Waals surface area contributed by atoms with Crippen molar-refractivity contribution in [3.05, 3.63) is 36.0 Å². The first-order chi connectivity index (χ1) is 18.3. The number of amides is 5. The maximum atomic E-state index is 13.5. The van der Waals surface area contributed by atoms with Crippen LogP contribution in [0.5, 0.6) is 0 Å². The highest BCUT2D eigenvalue weighted by Crippen LogP contribution is 2.23. The molecule has 2 saturated heterocycles. The lowest BCUT2D eigenvalue weighted by Gasteiger charge is -2.28. The highest BCUT2D eigenvalue weighted by molar-refractivity contribution is 7.98. The monoisotopic (exact) mass is 542 g/mol. The Morgan fingerprint density at radius 3 is 2.66 bits per heavy atom. The number of carbonyl (C=O) groups is 5. The van der Waals surface area contributed by atoms with E-state index in [1.807, 2.05) is 30.5 Å². The topological polar surface area (TPSA) is 166 Å². The van der Waals surface area contributed by atoms with E-state index in [1.54, 1.807) is 6.20 Å². The van der Waals surface area contributed by atoms with E-state index in [4.69, 9.17) is 5.73 Å². The van der Waals surface area contributed by atoms with Crippen LogP contribution in [0.2, 0.25) is 0 Å². The van der Waals surface area contributed by atoms with Crippen LogP contribution in [-0.2, 0) is 30.4 Å². The van der Waals surface area contributed by atoms with Crippen LogP contribution < -0.4 is 21.7 Å². The molecule has 2 aromatic rings. The predicted octanol–water partition coefficient (Wildman–Crippen LogP) is 0.188. The van der Waals surface area contributed by atoms with E-state index in [0.717, 1.165) is 16.5 Å². The highest BCUT2D eigenvalue weighted by atomic mass is 32.2. The molecule has 0 unspecified atom stereocenters. The fourth-order valence-corrected chi connectivity index (χ4v) is 5.57. The fraction of sp³-hybridized carbons (Fsp3) is 0.500. The lowest BCUT2D eigenvalue weighted by Crippen LogP contribution is -2.57. The Balaban J connectivity index is 1.52. The molecule has 1 aromatic heterocycles. The third kappa shape index (κ3) is 6.29. The summed E-state index contributed by atoms with van der Waals surface area (Å²) in [6.45, 7) is 0.404. The number of hydrogen-bond donors (Lipinski definition) is 5. The molecular formula is C26H34N6O5S. The predicted molar refractivity (Wildman–Crippen MR) is 144 cm³/mol. The first kappa shape index (κ1) is 27.5. The average molecular weight is 543 g/mol. The van der Waals surface area contributed by atoms with Gasteiger partial charge in [-0.1, -0.05) is 18.2 Å². The lowest BCUT2D eigenvalue weighted by molar-refractivity contribution is -0.141. The third-order valence-corrected chi connectivity index (χ3v) is 7.78. The van der Waals surface area contributed by atoms with Crippen LogP contribution in [0.1, 0.15) is 37.7 Å². The van der Waals surface area contributed by atoms with Gasteiger partial charge in [0.2, 0.25) is 29.5 Å². The third-order valence-electron chi connectivity index (χ3n) is 7.13. The molecule has 3 heterocycles.